The summed E-state index contributed by atoms with van der Waals surface area (Å²) in [5.41, 5.74) is 1.42. The molecule has 6 heteroatoms. The van der Waals surface area contributed by atoms with Gasteiger partial charge in [0.25, 0.3) is 0 Å². The van der Waals surface area contributed by atoms with Gasteiger partial charge in [-0.25, -0.2) is 0 Å². The molecular formula is C18H27ClN4O. The monoisotopic (exact) mass is 350 g/mol. The van der Waals surface area contributed by atoms with Crippen molar-refractivity contribution in [2.75, 3.05) is 20.1 Å². The van der Waals surface area contributed by atoms with Crippen molar-refractivity contribution in [3.05, 3.63) is 34.9 Å². The molecular weight excluding hydrogens is 324 g/mol. The molecule has 0 unspecified atom stereocenters. The lowest BCUT2D eigenvalue weighted by Gasteiger charge is -2.19. The molecule has 132 valence electrons. The highest BCUT2D eigenvalue weighted by molar-refractivity contribution is 6.30. The van der Waals surface area contributed by atoms with Gasteiger partial charge >= 0.3 is 0 Å². The van der Waals surface area contributed by atoms with Crippen LogP contribution in [0.1, 0.15) is 38.7 Å². The van der Waals surface area contributed by atoms with Crippen LogP contribution in [-0.2, 0) is 10.2 Å². The molecule has 0 heterocycles. The molecule has 1 aliphatic rings. The summed E-state index contributed by atoms with van der Waals surface area (Å²) in [6, 6.07) is 8.24. The SMILES string of the molecule is CN=C(NCCC(=O)NC(C)C)NCC1(c2cccc(Cl)c2)CC1. The maximum absolute atomic E-state index is 11.6. The summed E-state index contributed by atoms with van der Waals surface area (Å²) in [6.07, 6.45) is 2.72. The maximum atomic E-state index is 11.6. The van der Waals surface area contributed by atoms with E-state index in [0.717, 1.165) is 30.4 Å². The molecule has 1 aliphatic carbocycles. The van der Waals surface area contributed by atoms with Crippen LogP contribution in [0.5, 0.6) is 0 Å². The Labute approximate surface area is 149 Å². The summed E-state index contributed by atoms with van der Waals surface area (Å²) in [5, 5.41) is 10.2. The van der Waals surface area contributed by atoms with Crippen molar-refractivity contribution in [2.24, 2.45) is 4.99 Å². The van der Waals surface area contributed by atoms with E-state index in [-0.39, 0.29) is 17.4 Å². The van der Waals surface area contributed by atoms with E-state index in [2.05, 4.69) is 27.0 Å². The third-order valence-corrected chi connectivity index (χ3v) is 4.44. The first-order valence-electron chi connectivity index (χ1n) is 8.45. The minimum atomic E-state index is 0.0468. The maximum Gasteiger partial charge on any atom is 0.221 e. The van der Waals surface area contributed by atoms with Gasteiger partial charge in [-0.15, -0.1) is 0 Å². The molecule has 1 aromatic rings. The molecule has 2 rings (SSSR count). The number of hydrogen-bond acceptors (Lipinski definition) is 2. The van der Waals surface area contributed by atoms with Crippen molar-refractivity contribution in [3.63, 3.8) is 0 Å². The second-order valence-corrected chi connectivity index (χ2v) is 7.05. The number of benzene rings is 1. The number of guanidine groups is 1. The quantitative estimate of drug-likeness (QED) is 0.522. The van der Waals surface area contributed by atoms with Gasteiger partial charge in [-0.2, -0.15) is 0 Å². The average Bonchev–Trinajstić information content (AvgIpc) is 3.31. The van der Waals surface area contributed by atoms with Crippen LogP contribution in [0.15, 0.2) is 29.3 Å². The molecule has 0 radical (unpaired) electrons. The first kappa shape index (κ1) is 18.6. The summed E-state index contributed by atoms with van der Waals surface area (Å²) >= 11 is 6.11. The Bertz CT molecular complexity index is 596. The molecule has 0 atom stereocenters. The van der Waals surface area contributed by atoms with E-state index in [1.54, 1.807) is 7.05 Å². The zero-order valence-corrected chi connectivity index (χ0v) is 15.4. The summed E-state index contributed by atoms with van der Waals surface area (Å²) in [7, 11) is 1.74. The average molecular weight is 351 g/mol. The van der Waals surface area contributed by atoms with E-state index in [1.165, 1.54) is 5.56 Å². The number of carbonyl (C=O) groups is 1. The fourth-order valence-corrected chi connectivity index (χ4v) is 2.89. The van der Waals surface area contributed by atoms with E-state index < -0.39 is 0 Å². The van der Waals surface area contributed by atoms with Crippen LogP contribution in [0.2, 0.25) is 5.02 Å². The molecule has 1 saturated carbocycles. The van der Waals surface area contributed by atoms with Crippen LogP contribution < -0.4 is 16.0 Å². The number of rotatable bonds is 7. The minimum absolute atomic E-state index is 0.0468. The van der Waals surface area contributed by atoms with Crippen molar-refractivity contribution in [2.45, 2.75) is 44.6 Å². The number of nitrogens with zero attached hydrogens (tertiary/aromatic N) is 1. The van der Waals surface area contributed by atoms with Crippen molar-refractivity contribution in [3.8, 4) is 0 Å². The van der Waals surface area contributed by atoms with Gasteiger partial charge in [0.2, 0.25) is 5.91 Å². The Kier molecular flexibility index (Phi) is 6.49. The van der Waals surface area contributed by atoms with Gasteiger partial charge in [0.15, 0.2) is 5.96 Å². The molecule has 0 aliphatic heterocycles. The van der Waals surface area contributed by atoms with E-state index in [0.29, 0.717) is 13.0 Å². The van der Waals surface area contributed by atoms with E-state index in [9.17, 15) is 4.79 Å². The first-order chi connectivity index (χ1) is 11.4. The molecule has 1 aromatic carbocycles. The number of nitrogens with one attached hydrogen (secondary N) is 3. The normalized spacial score (nSPS) is 16.0. The molecule has 1 amide bonds. The number of carbonyl (C=O) groups excluding carboxylic acids is 1. The standard InChI is InChI=1S/C18H27ClN4O/c1-13(2)23-16(24)7-10-21-17(20-3)22-12-18(8-9-18)14-5-4-6-15(19)11-14/h4-6,11,13H,7-10,12H2,1-3H3,(H,23,24)(H2,20,21,22). The lowest BCUT2D eigenvalue weighted by molar-refractivity contribution is -0.121. The van der Waals surface area contributed by atoms with Crippen molar-refractivity contribution >= 4 is 23.5 Å². The summed E-state index contributed by atoms with van der Waals surface area (Å²) in [5.74, 6) is 0.770. The largest absolute Gasteiger partial charge is 0.356 e. The zero-order valence-electron chi connectivity index (χ0n) is 14.7. The van der Waals surface area contributed by atoms with E-state index in [4.69, 9.17) is 11.6 Å². The third-order valence-electron chi connectivity index (χ3n) is 4.20. The molecule has 24 heavy (non-hydrogen) atoms. The van der Waals surface area contributed by atoms with E-state index >= 15 is 0 Å². The Morgan fingerprint density at radius 1 is 1.33 bits per heavy atom. The molecule has 0 aromatic heterocycles. The van der Waals surface area contributed by atoms with Crippen LogP contribution in [0.25, 0.3) is 0 Å². The molecule has 0 bridgehead atoms. The summed E-state index contributed by atoms with van der Waals surface area (Å²) in [6.45, 7) is 5.28. The Morgan fingerprint density at radius 3 is 2.67 bits per heavy atom. The predicted octanol–water partition coefficient (Wildman–Crippen LogP) is 2.45. The predicted molar refractivity (Wildman–Crippen MR) is 99.6 cm³/mol. The van der Waals surface area contributed by atoms with Crippen LogP contribution in [0, 0.1) is 0 Å². The Balaban J connectivity index is 1.79. The van der Waals surface area contributed by atoms with Gasteiger partial charge in [-0.3, -0.25) is 9.79 Å². The fourth-order valence-electron chi connectivity index (χ4n) is 2.70. The summed E-state index contributed by atoms with van der Waals surface area (Å²) < 4.78 is 0. The van der Waals surface area contributed by atoms with E-state index in [1.807, 2.05) is 32.0 Å². The number of amides is 1. The topological polar surface area (TPSA) is 65.5 Å². The number of aliphatic imine (C=N–C) groups is 1. The third kappa shape index (κ3) is 5.41. The first-order valence-corrected chi connectivity index (χ1v) is 8.83. The van der Waals surface area contributed by atoms with Crippen molar-refractivity contribution < 1.29 is 4.79 Å². The molecule has 5 nitrogen and oxygen atoms in total. The van der Waals surface area contributed by atoms with Gasteiger partial charge < -0.3 is 16.0 Å². The summed E-state index contributed by atoms with van der Waals surface area (Å²) in [4.78, 5) is 15.9. The molecule has 1 fully saturated rings. The highest BCUT2D eigenvalue weighted by atomic mass is 35.5. The number of halogens is 1. The fraction of sp³-hybridized carbons (Fsp3) is 0.556. The molecule has 3 N–H and O–H groups in total. The van der Waals surface area contributed by atoms with Gasteiger partial charge in [-0.05, 0) is 44.4 Å². The van der Waals surface area contributed by atoms with Crippen LogP contribution in [0.3, 0.4) is 0 Å². The zero-order chi connectivity index (χ0) is 17.6. The van der Waals surface area contributed by atoms with Gasteiger partial charge in [-0.1, -0.05) is 23.7 Å². The minimum Gasteiger partial charge on any atom is -0.356 e. The highest BCUT2D eigenvalue weighted by Gasteiger charge is 2.44. The van der Waals surface area contributed by atoms with Gasteiger partial charge in [0, 0.05) is 43.0 Å². The Morgan fingerprint density at radius 2 is 2.08 bits per heavy atom. The van der Waals surface area contributed by atoms with Crippen molar-refractivity contribution in [1.29, 1.82) is 0 Å². The molecule has 0 spiro atoms. The van der Waals surface area contributed by atoms with Crippen LogP contribution >= 0.6 is 11.6 Å². The van der Waals surface area contributed by atoms with Gasteiger partial charge in [0.05, 0.1) is 0 Å². The Hall–Kier alpha value is -1.75. The second kappa shape index (κ2) is 8.38. The highest BCUT2D eigenvalue weighted by Crippen LogP contribution is 2.48. The molecule has 0 saturated heterocycles. The van der Waals surface area contributed by atoms with Crippen LogP contribution in [-0.4, -0.2) is 38.0 Å². The second-order valence-electron chi connectivity index (χ2n) is 6.62. The van der Waals surface area contributed by atoms with Crippen LogP contribution in [0.4, 0.5) is 0 Å². The number of hydrogen-bond donors (Lipinski definition) is 3. The lowest BCUT2D eigenvalue weighted by Crippen LogP contribution is -2.42. The smallest absolute Gasteiger partial charge is 0.221 e. The lowest BCUT2D eigenvalue weighted by atomic mass is 9.96. The van der Waals surface area contributed by atoms with Crippen molar-refractivity contribution in [1.82, 2.24) is 16.0 Å². The van der Waals surface area contributed by atoms with Gasteiger partial charge in [0.1, 0.15) is 0 Å².